The van der Waals surface area contributed by atoms with Crippen molar-refractivity contribution < 1.29 is 18.9 Å². The Balaban J connectivity index is 2.50. The number of ketones is 1. The van der Waals surface area contributed by atoms with Gasteiger partial charge in [0.05, 0.1) is 6.07 Å². The number of rotatable bonds is 3. The summed E-state index contributed by atoms with van der Waals surface area (Å²) in [4.78, 5) is 34.8. The van der Waals surface area contributed by atoms with Crippen LogP contribution in [-0.2, 0) is 4.79 Å². The number of carbonyl (C=O) groups is 2. The predicted octanol–water partition coefficient (Wildman–Crippen LogP) is 1.75. The molecule has 20 heavy (non-hydrogen) atoms. The molecule has 0 aromatic carbocycles. The van der Waals surface area contributed by atoms with Gasteiger partial charge in [-0.1, -0.05) is 0 Å². The van der Waals surface area contributed by atoms with E-state index in [2.05, 4.69) is 5.32 Å². The van der Waals surface area contributed by atoms with Gasteiger partial charge in [-0.05, 0) is 19.9 Å². The molecule has 0 saturated heterocycles. The summed E-state index contributed by atoms with van der Waals surface area (Å²) in [5, 5.41) is 13.2. The Morgan fingerprint density at radius 1 is 1.50 bits per heavy atom. The van der Waals surface area contributed by atoms with Gasteiger partial charge >= 0.3 is 11.9 Å². The molecule has 1 aromatic heterocycles. The van der Waals surface area contributed by atoms with E-state index in [9.17, 15) is 19.7 Å². The zero-order valence-corrected chi connectivity index (χ0v) is 11.2. The molecule has 0 fully saturated rings. The number of urea groups is 1. The fourth-order valence-corrected chi connectivity index (χ4v) is 2.10. The zero-order valence-electron chi connectivity index (χ0n) is 11.2. The molecular weight excluding hydrogens is 266 g/mol. The van der Waals surface area contributed by atoms with Crippen LogP contribution >= 0.6 is 0 Å². The Morgan fingerprint density at radius 2 is 2.15 bits per heavy atom. The second-order valence-corrected chi connectivity index (χ2v) is 4.43. The lowest BCUT2D eigenvalue weighted by Crippen LogP contribution is -2.45. The average molecular weight is 279 g/mol. The first kappa shape index (κ1) is 13.8. The third-order valence-corrected chi connectivity index (χ3v) is 3.21. The monoisotopic (exact) mass is 279 g/mol. The highest BCUT2D eigenvalue weighted by atomic mass is 16.6. The molecule has 8 nitrogen and oxygen atoms in total. The van der Waals surface area contributed by atoms with Crippen molar-refractivity contribution in [3.63, 3.8) is 0 Å². The van der Waals surface area contributed by atoms with E-state index >= 15 is 0 Å². The smallest absolute Gasteiger partial charge is 0.403 e. The third-order valence-electron chi connectivity index (χ3n) is 3.21. The molecule has 1 atom stereocenters. The summed E-state index contributed by atoms with van der Waals surface area (Å²) in [6.45, 7) is 3.01. The Morgan fingerprint density at radius 3 is 2.65 bits per heavy atom. The molecule has 0 bridgehead atoms. The fraction of sp³-hybridized carbons (Fsp3) is 0.333. The summed E-state index contributed by atoms with van der Waals surface area (Å²) in [5.74, 6) is -0.519. The topological polar surface area (TPSA) is 106 Å². The van der Waals surface area contributed by atoms with Crippen molar-refractivity contribution in [2.24, 2.45) is 0 Å². The van der Waals surface area contributed by atoms with Crippen LogP contribution in [0.1, 0.15) is 25.6 Å². The number of hydrogen-bond donors (Lipinski definition) is 1. The van der Waals surface area contributed by atoms with E-state index in [1.54, 1.807) is 6.92 Å². The molecule has 2 rings (SSSR count). The largest absolute Gasteiger partial charge is 0.433 e. The van der Waals surface area contributed by atoms with Gasteiger partial charge in [-0.25, -0.2) is 4.79 Å². The number of nitrogens with one attached hydrogen (secondary N) is 1. The van der Waals surface area contributed by atoms with Crippen LogP contribution in [0.25, 0.3) is 0 Å². The molecule has 1 aliphatic rings. The van der Waals surface area contributed by atoms with Crippen LogP contribution in [0.2, 0.25) is 0 Å². The lowest BCUT2D eigenvalue weighted by molar-refractivity contribution is -0.402. The second-order valence-electron chi connectivity index (χ2n) is 4.43. The number of nitrogens with zero attached hydrogens (tertiary/aromatic N) is 2. The van der Waals surface area contributed by atoms with Gasteiger partial charge in [0, 0.05) is 18.3 Å². The molecule has 0 unspecified atom stereocenters. The summed E-state index contributed by atoms with van der Waals surface area (Å²) in [7, 11) is 1.54. The van der Waals surface area contributed by atoms with Crippen molar-refractivity contribution in [2.75, 3.05) is 7.05 Å². The number of nitro groups is 1. The Kier molecular flexibility index (Phi) is 3.31. The van der Waals surface area contributed by atoms with Crippen molar-refractivity contribution in [1.29, 1.82) is 0 Å². The van der Waals surface area contributed by atoms with Crippen LogP contribution < -0.4 is 5.32 Å². The molecule has 0 spiro atoms. The quantitative estimate of drug-likeness (QED) is 0.670. The van der Waals surface area contributed by atoms with Gasteiger partial charge < -0.3 is 14.6 Å². The first-order valence-electron chi connectivity index (χ1n) is 5.83. The van der Waals surface area contributed by atoms with Crippen LogP contribution in [0.5, 0.6) is 0 Å². The molecule has 8 heteroatoms. The fourth-order valence-electron chi connectivity index (χ4n) is 2.10. The molecule has 106 valence electrons. The maximum atomic E-state index is 11.8. The Labute approximate surface area is 114 Å². The normalized spacial score (nSPS) is 19.1. The zero-order chi connectivity index (χ0) is 15.0. The minimum atomic E-state index is -0.815. The van der Waals surface area contributed by atoms with Gasteiger partial charge in [-0.15, -0.1) is 0 Å². The van der Waals surface area contributed by atoms with E-state index in [0.29, 0.717) is 11.3 Å². The number of allylic oxidation sites excluding steroid dienone is 1. The summed E-state index contributed by atoms with van der Waals surface area (Å²) in [5.41, 5.74) is 0.835. The van der Waals surface area contributed by atoms with E-state index in [-0.39, 0.29) is 11.5 Å². The van der Waals surface area contributed by atoms with E-state index in [4.69, 9.17) is 4.42 Å². The van der Waals surface area contributed by atoms with Gasteiger partial charge in [0.2, 0.25) is 0 Å². The third kappa shape index (κ3) is 2.15. The maximum absolute atomic E-state index is 11.8. The van der Waals surface area contributed by atoms with E-state index in [1.807, 2.05) is 0 Å². The summed E-state index contributed by atoms with van der Waals surface area (Å²) < 4.78 is 5.08. The van der Waals surface area contributed by atoms with Crippen molar-refractivity contribution in [1.82, 2.24) is 10.2 Å². The molecule has 0 radical (unpaired) electrons. The predicted molar refractivity (Wildman–Crippen MR) is 67.8 cm³/mol. The molecule has 2 heterocycles. The Bertz CT molecular complexity index is 631. The lowest BCUT2D eigenvalue weighted by Gasteiger charge is -2.31. The number of furan rings is 1. The Hall–Kier alpha value is -2.64. The van der Waals surface area contributed by atoms with Crippen molar-refractivity contribution in [3.8, 4) is 0 Å². The highest BCUT2D eigenvalue weighted by molar-refractivity contribution is 5.98. The molecule has 0 aliphatic carbocycles. The molecule has 2 amide bonds. The van der Waals surface area contributed by atoms with Crippen molar-refractivity contribution in [3.05, 3.63) is 39.3 Å². The first-order valence-corrected chi connectivity index (χ1v) is 5.83. The minimum absolute atomic E-state index is 0.155. The summed E-state index contributed by atoms with van der Waals surface area (Å²) in [6.07, 6.45) is 0. The van der Waals surface area contributed by atoms with Crippen LogP contribution in [-0.4, -0.2) is 28.7 Å². The van der Waals surface area contributed by atoms with Gasteiger partial charge in [0.15, 0.2) is 5.78 Å². The maximum Gasteiger partial charge on any atom is 0.433 e. The second kappa shape index (κ2) is 4.80. The first-order chi connectivity index (χ1) is 9.32. The van der Waals surface area contributed by atoms with Gasteiger partial charge in [-0.2, -0.15) is 0 Å². The minimum Gasteiger partial charge on any atom is -0.403 e. The van der Waals surface area contributed by atoms with Gasteiger partial charge in [0.25, 0.3) is 0 Å². The highest BCUT2D eigenvalue weighted by Gasteiger charge is 2.34. The van der Waals surface area contributed by atoms with Gasteiger partial charge in [0.1, 0.15) is 16.7 Å². The van der Waals surface area contributed by atoms with E-state index < -0.39 is 22.9 Å². The van der Waals surface area contributed by atoms with Crippen LogP contribution in [0, 0.1) is 10.1 Å². The molecule has 1 aromatic rings. The number of Topliss-reactive ketones (excluding diaryl/α,β-unsaturated/α-hetero) is 1. The van der Waals surface area contributed by atoms with Crippen LogP contribution in [0.4, 0.5) is 10.7 Å². The lowest BCUT2D eigenvalue weighted by atomic mass is 9.97. The SMILES string of the molecule is CC(=O)C1=C(C)N(C)C(=O)N[C@H]1c1ccc([N+](=O)[O-])o1. The summed E-state index contributed by atoms with van der Waals surface area (Å²) >= 11 is 0. The van der Waals surface area contributed by atoms with Crippen molar-refractivity contribution in [2.45, 2.75) is 19.9 Å². The molecular formula is C12H13N3O5. The number of hydrogen-bond acceptors (Lipinski definition) is 5. The van der Waals surface area contributed by atoms with Crippen LogP contribution in [0.3, 0.4) is 0 Å². The van der Waals surface area contributed by atoms with Crippen molar-refractivity contribution >= 4 is 17.7 Å². The average Bonchev–Trinajstić information content (AvgIpc) is 2.84. The number of carbonyl (C=O) groups excluding carboxylic acids is 2. The van der Waals surface area contributed by atoms with Crippen LogP contribution in [0.15, 0.2) is 27.8 Å². The molecule has 1 aliphatic heterocycles. The summed E-state index contributed by atoms with van der Waals surface area (Å²) in [6, 6.07) is 1.35. The van der Waals surface area contributed by atoms with Gasteiger partial charge in [-0.3, -0.25) is 14.9 Å². The standard InChI is InChI=1S/C12H13N3O5/c1-6-10(7(2)16)11(13-12(17)14(6)3)8-4-5-9(20-8)15(18)19/h4-5,11H,1-3H3,(H,13,17)/t11-/m0/s1. The molecule has 0 saturated carbocycles. The highest BCUT2D eigenvalue weighted by Crippen LogP contribution is 2.32. The molecule has 1 N–H and O–H groups in total. The van der Waals surface area contributed by atoms with E-state index in [1.165, 1.54) is 31.0 Å². The van der Waals surface area contributed by atoms with E-state index in [0.717, 1.165) is 0 Å². The number of amides is 2.